The molecule has 1 aromatic heterocycles. The van der Waals surface area contributed by atoms with Gasteiger partial charge in [-0.05, 0) is 28.8 Å². The van der Waals surface area contributed by atoms with Crippen molar-refractivity contribution in [3.8, 4) is 0 Å². The molecule has 0 unspecified atom stereocenters. The van der Waals surface area contributed by atoms with E-state index in [2.05, 4.69) is 51.6 Å². The average Bonchev–Trinajstić information content (AvgIpc) is 2.31. The smallest absolute Gasteiger partial charge is 0.133 e. The van der Waals surface area contributed by atoms with E-state index in [0.717, 1.165) is 29.4 Å². The topological polar surface area (TPSA) is 29.0 Å². The maximum absolute atomic E-state index is 4.32. The molecule has 1 aromatic rings. The lowest BCUT2D eigenvalue weighted by Gasteiger charge is -2.26. The Morgan fingerprint density at radius 2 is 1.94 bits per heavy atom. The van der Waals surface area contributed by atoms with Crippen molar-refractivity contribution < 1.29 is 0 Å². The van der Waals surface area contributed by atoms with Crippen LogP contribution >= 0.6 is 15.9 Å². The summed E-state index contributed by atoms with van der Waals surface area (Å²) in [4.78, 5) is 10.7. The minimum atomic E-state index is 0.744. The van der Waals surface area contributed by atoms with E-state index in [-0.39, 0.29) is 0 Å². The van der Waals surface area contributed by atoms with Crippen LogP contribution < -0.4 is 4.90 Å². The normalized spacial score (nSPS) is 10.8. The molecular weight excluding hydrogens is 266 g/mol. The summed E-state index contributed by atoms with van der Waals surface area (Å²) in [5.41, 5.74) is 0. The largest absolute Gasteiger partial charge is 0.356 e. The third-order valence-electron chi connectivity index (χ3n) is 2.96. The van der Waals surface area contributed by atoms with Gasteiger partial charge in [-0.1, -0.05) is 26.7 Å². The van der Waals surface area contributed by atoms with Gasteiger partial charge in [0.05, 0.1) is 0 Å². The van der Waals surface area contributed by atoms with Crippen LogP contribution in [-0.4, -0.2) is 23.1 Å². The fourth-order valence-corrected chi connectivity index (χ4v) is 2.04. The molecule has 1 heterocycles. The quantitative estimate of drug-likeness (QED) is 0.749. The third kappa shape index (κ3) is 3.74. The fraction of sp³-hybridized carbons (Fsp3) is 0.667. The fourth-order valence-electron chi connectivity index (χ4n) is 1.74. The molecule has 0 atom stereocenters. The van der Waals surface area contributed by atoms with Crippen molar-refractivity contribution >= 4 is 21.7 Å². The first-order chi connectivity index (χ1) is 7.71. The Morgan fingerprint density at radius 1 is 1.25 bits per heavy atom. The lowest BCUT2D eigenvalue weighted by atomic mass is 10.0. The Bertz CT molecular complexity index is 313. The minimum absolute atomic E-state index is 0.744. The van der Waals surface area contributed by atoms with E-state index >= 15 is 0 Å². The first-order valence-corrected chi connectivity index (χ1v) is 6.73. The van der Waals surface area contributed by atoms with Crippen LogP contribution in [0, 0.1) is 5.92 Å². The Hall–Kier alpha value is -0.640. The molecule has 1 rings (SSSR count). The average molecular weight is 286 g/mol. The molecule has 0 aliphatic rings. The van der Waals surface area contributed by atoms with Crippen molar-refractivity contribution in [2.45, 2.75) is 33.6 Å². The molecule has 0 aliphatic carbocycles. The van der Waals surface area contributed by atoms with E-state index in [0.29, 0.717) is 0 Å². The summed E-state index contributed by atoms with van der Waals surface area (Å²) in [7, 11) is 0. The Morgan fingerprint density at radius 3 is 2.44 bits per heavy atom. The highest BCUT2D eigenvalue weighted by Gasteiger charge is 2.11. The third-order valence-corrected chi connectivity index (χ3v) is 3.39. The lowest BCUT2D eigenvalue weighted by molar-refractivity contribution is 0.484. The number of aromatic nitrogens is 2. The standard InChI is InChI=1S/C12H20BrN3/c1-4-10(5-2)8-16(6-3)12-7-11(13)14-9-15-12/h7,9-10H,4-6,8H2,1-3H3. The number of nitrogens with zero attached hydrogens (tertiary/aromatic N) is 3. The SMILES string of the molecule is CCC(CC)CN(CC)c1cc(Br)ncn1. The van der Waals surface area contributed by atoms with E-state index in [4.69, 9.17) is 0 Å². The first kappa shape index (κ1) is 13.4. The summed E-state index contributed by atoms with van der Waals surface area (Å²) >= 11 is 3.38. The molecule has 0 radical (unpaired) electrons. The molecule has 0 saturated heterocycles. The van der Waals surface area contributed by atoms with Gasteiger partial charge in [0.25, 0.3) is 0 Å². The van der Waals surface area contributed by atoms with Gasteiger partial charge in [-0.2, -0.15) is 0 Å². The summed E-state index contributed by atoms with van der Waals surface area (Å²) in [5, 5.41) is 0. The predicted octanol–water partition coefficient (Wildman–Crippen LogP) is 3.50. The first-order valence-electron chi connectivity index (χ1n) is 5.93. The van der Waals surface area contributed by atoms with Crippen LogP contribution in [0.15, 0.2) is 17.0 Å². The Labute approximate surface area is 106 Å². The zero-order valence-electron chi connectivity index (χ0n) is 10.3. The zero-order chi connectivity index (χ0) is 12.0. The van der Waals surface area contributed by atoms with Gasteiger partial charge in [0.15, 0.2) is 0 Å². The van der Waals surface area contributed by atoms with Gasteiger partial charge in [-0.3, -0.25) is 0 Å². The molecule has 0 N–H and O–H groups in total. The van der Waals surface area contributed by atoms with Gasteiger partial charge in [-0.25, -0.2) is 9.97 Å². The molecule has 0 saturated carbocycles. The van der Waals surface area contributed by atoms with Crippen LogP contribution in [0.4, 0.5) is 5.82 Å². The monoisotopic (exact) mass is 285 g/mol. The summed E-state index contributed by atoms with van der Waals surface area (Å²) in [6.07, 6.45) is 4.05. The summed E-state index contributed by atoms with van der Waals surface area (Å²) in [6.45, 7) is 8.72. The molecule has 0 aromatic carbocycles. The molecule has 0 aliphatic heterocycles. The second-order valence-corrected chi connectivity index (χ2v) is 4.73. The van der Waals surface area contributed by atoms with Crippen LogP contribution in [0.25, 0.3) is 0 Å². The van der Waals surface area contributed by atoms with Crippen molar-refractivity contribution in [3.63, 3.8) is 0 Å². The molecule has 16 heavy (non-hydrogen) atoms. The van der Waals surface area contributed by atoms with Gasteiger partial charge >= 0.3 is 0 Å². The van der Waals surface area contributed by atoms with Crippen LogP contribution in [-0.2, 0) is 0 Å². The van der Waals surface area contributed by atoms with Crippen LogP contribution in [0.1, 0.15) is 33.6 Å². The van der Waals surface area contributed by atoms with Gasteiger partial charge in [0.1, 0.15) is 16.7 Å². The second-order valence-electron chi connectivity index (χ2n) is 3.92. The van der Waals surface area contributed by atoms with E-state index < -0.39 is 0 Å². The van der Waals surface area contributed by atoms with Crippen molar-refractivity contribution in [3.05, 3.63) is 17.0 Å². The molecule has 0 amide bonds. The van der Waals surface area contributed by atoms with Gasteiger partial charge in [-0.15, -0.1) is 0 Å². The van der Waals surface area contributed by atoms with Crippen molar-refractivity contribution in [1.29, 1.82) is 0 Å². The molecule has 4 heteroatoms. The number of halogens is 1. The molecule has 3 nitrogen and oxygen atoms in total. The highest BCUT2D eigenvalue weighted by atomic mass is 79.9. The maximum atomic E-state index is 4.32. The Balaban J connectivity index is 2.74. The maximum Gasteiger partial charge on any atom is 0.133 e. The molecule has 90 valence electrons. The minimum Gasteiger partial charge on any atom is -0.356 e. The number of hydrogen-bond donors (Lipinski definition) is 0. The van der Waals surface area contributed by atoms with Crippen LogP contribution in [0.5, 0.6) is 0 Å². The van der Waals surface area contributed by atoms with Crippen molar-refractivity contribution in [2.24, 2.45) is 5.92 Å². The van der Waals surface area contributed by atoms with Crippen LogP contribution in [0.3, 0.4) is 0 Å². The van der Waals surface area contributed by atoms with Gasteiger partial charge < -0.3 is 4.90 Å². The summed E-state index contributed by atoms with van der Waals surface area (Å²) in [5.74, 6) is 1.75. The summed E-state index contributed by atoms with van der Waals surface area (Å²) < 4.78 is 0.848. The highest BCUT2D eigenvalue weighted by molar-refractivity contribution is 9.10. The van der Waals surface area contributed by atoms with Gasteiger partial charge in [0, 0.05) is 19.2 Å². The van der Waals surface area contributed by atoms with Gasteiger partial charge in [0.2, 0.25) is 0 Å². The van der Waals surface area contributed by atoms with E-state index in [1.54, 1.807) is 6.33 Å². The summed E-state index contributed by atoms with van der Waals surface area (Å²) in [6, 6.07) is 1.98. The zero-order valence-corrected chi connectivity index (χ0v) is 11.9. The van der Waals surface area contributed by atoms with Crippen molar-refractivity contribution in [2.75, 3.05) is 18.0 Å². The molecular formula is C12H20BrN3. The molecule has 0 spiro atoms. The van der Waals surface area contributed by atoms with Crippen LogP contribution in [0.2, 0.25) is 0 Å². The number of hydrogen-bond acceptors (Lipinski definition) is 3. The second kappa shape index (κ2) is 6.84. The molecule has 0 bridgehead atoms. The van der Waals surface area contributed by atoms with E-state index in [1.165, 1.54) is 12.8 Å². The highest BCUT2D eigenvalue weighted by Crippen LogP contribution is 2.18. The number of anilines is 1. The van der Waals surface area contributed by atoms with E-state index in [9.17, 15) is 0 Å². The molecule has 0 fully saturated rings. The predicted molar refractivity (Wildman–Crippen MR) is 71.7 cm³/mol. The van der Waals surface area contributed by atoms with E-state index in [1.807, 2.05) is 6.07 Å². The van der Waals surface area contributed by atoms with Crippen molar-refractivity contribution in [1.82, 2.24) is 9.97 Å². The lowest BCUT2D eigenvalue weighted by Crippen LogP contribution is -2.29. The number of rotatable bonds is 6. The Kier molecular flexibility index (Phi) is 5.74.